The maximum Gasteiger partial charge on any atom is 0.335 e. The molecule has 2 aromatic carbocycles. The molecule has 1 aliphatic carbocycles. The molecule has 4 aromatic rings. The molecule has 2 aliphatic rings. The number of hydrogen-bond acceptors (Lipinski definition) is 7. The van der Waals surface area contributed by atoms with Gasteiger partial charge in [0, 0.05) is 18.4 Å². The molecular formula is C30H30N6O5. The Kier molecular flexibility index (Phi) is 6.24. The number of fused-ring (bicyclic) bond motifs is 3. The van der Waals surface area contributed by atoms with E-state index >= 15 is 0 Å². The Labute approximate surface area is 235 Å². The summed E-state index contributed by atoms with van der Waals surface area (Å²) in [6.45, 7) is 7.72. The van der Waals surface area contributed by atoms with Gasteiger partial charge < -0.3 is 20.2 Å². The number of furan rings is 1. The normalized spacial score (nSPS) is 19.4. The van der Waals surface area contributed by atoms with Crippen LogP contribution in [-0.4, -0.2) is 43.4 Å². The van der Waals surface area contributed by atoms with E-state index in [1.165, 1.54) is 11.0 Å². The van der Waals surface area contributed by atoms with E-state index in [0.29, 0.717) is 12.8 Å². The monoisotopic (exact) mass is 554 g/mol. The zero-order valence-electron chi connectivity index (χ0n) is 23.2. The molecule has 3 N–H and O–H groups in total. The molecule has 3 heterocycles. The number of nitrogens with zero attached hydrogens (tertiary/aromatic N) is 4. The SMILES string of the molecule is Cc1oc2ccc(CNC(=O)C3=Nc4ncnn4C(C)(C(=O)N[C@H]4CCc5c4ccc(C(=O)O)c5C)C3)cc2c1C. The number of hydrogen-bond donors (Lipinski definition) is 3. The maximum absolute atomic E-state index is 13.8. The second kappa shape index (κ2) is 9.69. The number of nitrogens with one attached hydrogen (secondary N) is 2. The predicted octanol–water partition coefficient (Wildman–Crippen LogP) is 3.96. The van der Waals surface area contributed by atoms with Crippen molar-refractivity contribution in [1.29, 1.82) is 0 Å². The van der Waals surface area contributed by atoms with Crippen LogP contribution in [0, 0.1) is 20.8 Å². The lowest BCUT2D eigenvalue weighted by Gasteiger charge is -2.33. The molecule has 6 rings (SSSR count). The van der Waals surface area contributed by atoms with Gasteiger partial charge in [-0.05, 0) is 86.6 Å². The van der Waals surface area contributed by atoms with Gasteiger partial charge in [-0.15, -0.1) is 0 Å². The third kappa shape index (κ3) is 4.37. The van der Waals surface area contributed by atoms with Gasteiger partial charge in [-0.25, -0.2) is 14.5 Å². The molecule has 11 nitrogen and oxygen atoms in total. The van der Waals surface area contributed by atoms with E-state index in [9.17, 15) is 19.5 Å². The van der Waals surface area contributed by atoms with Crippen molar-refractivity contribution in [2.75, 3.05) is 0 Å². The van der Waals surface area contributed by atoms with Gasteiger partial charge in [0.2, 0.25) is 11.9 Å². The summed E-state index contributed by atoms with van der Waals surface area (Å²) in [7, 11) is 0. The summed E-state index contributed by atoms with van der Waals surface area (Å²) in [5.41, 5.74) is 4.56. The van der Waals surface area contributed by atoms with E-state index in [2.05, 4.69) is 25.7 Å². The van der Waals surface area contributed by atoms with Crippen molar-refractivity contribution >= 4 is 40.4 Å². The zero-order chi connectivity index (χ0) is 29.1. The first-order chi connectivity index (χ1) is 19.6. The number of amides is 2. The highest BCUT2D eigenvalue weighted by Crippen LogP contribution is 2.37. The topological polar surface area (TPSA) is 152 Å². The van der Waals surface area contributed by atoms with Crippen molar-refractivity contribution in [1.82, 2.24) is 25.4 Å². The number of aryl methyl sites for hydroxylation is 2. The third-order valence-corrected chi connectivity index (χ3v) is 8.42. The summed E-state index contributed by atoms with van der Waals surface area (Å²) < 4.78 is 7.20. The smallest absolute Gasteiger partial charge is 0.335 e. The first-order valence-corrected chi connectivity index (χ1v) is 13.5. The number of carboxylic acid groups (broad SMARTS) is 1. The van der Waals surface area contributed by atoms with E-state index in [4.69, 9.17) is 4.42 Å². The Morgan fingerprint density at radius 1 is 1.15 bits per heavy atom. The minimum Gasteiger partial charge on any atom is -0.478 e. The molecule has 0 fully saturated rings. The lowest BCUT2D eigenvalue weighted by molar-refractivity contribution is -0.130. The van der Waals surface area contributed by atoms with E-state index < -0.39 is 11.5 Å². The standard InChI is InChI=1S/C30H30N6O5/c1-15-17(3)41-25-10-5-18(11-22(15)25)13-31-26(37)24-12-30(4,36-29(35-24)32-14-33-36)28(40)34-23-9-8-19-16(2)20(27(38)39)6-7-21(19)23/h5-7,10-11,14,23H,8-9,12-13H2,1-4H3,(H,31,37)(H,34,40)(H,38,39)/t23-,30?/m0/s1. The molecule has 11 heteroatoms. The number of carbonyl (C=O) groups excluding carboxylic acids is 2. The van der Waals surface area contributed by atoms with E-state index in [0.717, 1.165) is 44.5 Å². The number of aromatic nitrogens is 3. The Morgan fingerprint density at radius 2 is 1.95 bits per heavy atom. The van der Waals surface area contributed by atoms with Gasteiger partial charge in [-0.1, -0.05) is 12.1 Å². The first kappa shape index (κ1) is 26.4. The van der Waals surface area contributed by atoms with Crippen LogP contribution in [0.1, 0.15) is 69.7 Å². The zero-order valence-corrected chi connectivity index (χ0v) is 23.2. The Morgan fingerprint density at radius 3 is 2.73 bits per heavy atom. The van der Waals surface area contributed by atoms with Gasteiger partial charge >= 0.3 is 5.97 Å². The van der Waals surface area contributed by atoms with Crippen LogP contribution in [0.25, 0.3) is 11.0 Å². The molecule has 210 valence electrons. The van der Waals surface area contributed by atoms with Crippen LogP contribution < -0.4 is 10.6 Å². The van der Waals surface area contributed by atoms with Crippen LogP contribution in [0.5, 0.6) is 0 Å². The van der Waals surface area contributed by atoms with Crippen molar-refractivity contribution < 1.29 is 23.9 Å². The highest BCUT2D eigenvalue weighted by molar-refractivity contribution is 6.40. The van der Waals surface area contributed by atoms with Crippen LogP contribution >= 0.6 is 0 Å². The molecule has 0 saturated heterocycles. The second-order valence-corrected chi connectivity index (χ2v) is 11.0. The van der Waals surface area contributed by atoms with Gasteiger partial charge in [0.15, 0.2) is 0 Å². The molecule has 2 atom stereocenters. The average molecular weight is 555 g/mol. The van der Waals surface area contributed by atoms with Crippen molar-refractivity contribution in [3.05, 3.63) is 75.8 Å². The van der Waals surface area contributed by atoms with Crippen molar-refractivity contribution in [3.63, 3.8) is 0 Å². The highest BCUT2D eigenvalue weighted by atomic mass is 16.4. The van der Waals surface area contributed by atoms with E-state index in [1.54, 1.807) is 26.0 Å². The van der Waals surface area contributed by atoms with Gasteiger partial charge in [-0.3, -0.25) is 9.59 Å². The van der Waals surface area contributed by atoms with Crippen LogP contribution in [0.4, 0.5) is 5.95 Å². The van der Waals surface area contributed by atoms with E-state index in [-0.39, 0.29) is 48.0 Å². The van der Waals surface area contributed by atoms with Crippen molar-refractivity contribution in [2.24, 2.45) is 4.99 Å². The van der Waals surface area contributed by atoms with Crippen LogP contribution in [0.2, 0.25) is 0 Å². The van der Waals surface area contributed by atoms with Gasteiger partial charge in [0.1, 0.15) is 28.9 Å². The number of aliphatic imine (C=N–C) groups is 1. The van der Waals surface area contributed by atoms with Crippen LogP contribution in [0.15, 0.2) is 46.1 Å². The maximum atomic E-state index is 13.8. The first-order valence-electron chi connectivity index (χ1n) is 13.5. The number of rotatable bonds is 6. The van der Waals surface area contributed by atoms with Crippen molar-refractivity contribution in [2.45, 2.75) is 65.1 Å². The fourth-order valence-corrected chi connectivity index (χ4v) is 5.89. The molecule has 0 saturated carbocycles. The Balaban J connectivity index is 1.20. The summed E-state index contributed by atoms with van der Waals surface area (Å²) in [5, 5.41) is 20.8. The number of benzene rings is 2. The molecular weight excluding hydrogens is 524 g/mol. The highest BCUT2D eigenvalue weighted by Gasteiger charge is 2.45. The lowest BCUT2D eigenvalue weighted by atomic mass is 9.91. The third-order valence-electron chi connectivity index (χ3n) is 8.42. The summed E-state index contributed by atoms with van der Waals surface area (Å²) in [6.07, 6.45) is 2.65. The molecule has 2 amide bonds. The molecule has 1 unspecified atom stereocenters. The minimum atomic E-state index is -1.25. The Bertz CT molecular complexity index is 1780. The fraction of sp³-hybridized carbons (Fsp3) is 0.333. The Hall–Kier alpha value is -4.80. The number of aromatic carboxylic acids is 1. The molecule has 0 bridgehead atoms. The van der Waals surface area contributed by atoms with Gasteiger partial charge in [0.25, 0.3) is 5.91 Å². The summed E-state index contributed by atoms with van der Waals surface area (Å²) in [5.74, 6) is -0.636. The number of carboxylic acids is 1. The summed E-state index contributed by atoms with van der Waals surface area (Å²) in [6, 6.07) is 8.87. The predicted molar refractivity (Wildman–Crippen MR) is 150 cm³/mol. The van der Waals surface area contributed by atoms with Gasteiger partial charge in [0.05, 0.1) is 11.6 Å². The van der Waals surface area contributed by atoms with Gasteiger partial charge in [-0.2, -0.15) is 10.1 Å². The second-order valence-electron chi connectivity index (χ2n) is 11.0. The lowest BCUT2D eigenvalue weighted by Crippen LogP contribution is -2.52. The minimum absolute atomic E-state index is 0.0245. The van der Waals surface area contributed by atoms with E-state index in [1.807, 2.05) is 32.0 Å². The average Bonchev–Trinajstić information content (AvgIpc) is 3.66. The molecule has 1 aliphatic heterocycles. The largest absolute Gasteiger partial charge is 0.478 e. The fourth-order valence-electron chi connectivity index (χ4n) is 5.89. The van der Waals surface area contributed by atoms with Crippen LogP contribution in [-0.2, 0) is 28.1 Å². The summed E-state index contributed by atoms with van der Waals surface area (Å²) >= 11 is 0. The molecule has 0 radical (unpaired) electrons. The quantitative estimate of drug-likeness (QED) is 0.326. The summed E-state index contributed by atoms with van der Waals surface area (Å²) in [4.78, 5) is 47.3. The molecule has 2 aromatic heterocycles. The molecule has 41 heavy (non-hydrogen) atoms. The van der Waals surface area contributed by atoms with Crippen LogP contribution in [0.3, 0.4) is 0 Å². The van der Waals surface area contributed by atoms with Crippen molar-refractivity contribution in [3.8, 4) is 0 Å². The number of carbonyl (C=O) groups is 3. The molecule has 0 spiro atoms.